The highest BCUT2D eigenvalue weighted by atomic mass is 15.3. The fourth-order valence-electron chi connectivity index (χ4n) is 10.2. The van der Waals surface area contributed by atoms with Gasteiger partial charge in [0, 0.05) is 46.3 Å². The average Bonchev–Trinajstić information content (AvgIpc) is 3.39. The number of nitrogens with zero attached hydrogens (tertiary/aromatic N) is 6. The summed E-state index contributed by atoms with van der Waals surface area (Å²) in [6.07, 6.45) is 3.62. The van der Waals surface area contributed by atoms with E-state index in [1.165, 1.54) is 0 Å². The first-order chi connectivity index (χ1) is 32.8. The highest BCUT2D eigenvalue weighted by molar-refractivity contribution is 6.19. The second kappa shape index (κ2) is 15.4. The number of fused-ring (bicyclic) bond motifs is 6. The molecule has 0 fully saturated rings. The highest BCUT2D eigenvalue weighted by Gasteiger charge is 2.32. The molecule has 66 heavy (non-hydrogen) atoms. The molecule has 0 amide bonds. The van der Waals surface area contributed by atoms with Crippen LogP contribution in [0.5, 0.6) is 0 Å². The van der Waals surface area contributed by atoms with E-state index in [0.717, 1.165) is 112 Å². The molecule has 0 N–H and O–H groups in total. The van der Waals surface area contributed by atoms with Crippen LogP contribution in [0.25, 0.3) is 44.1 Å². The number of benzene rings is 10. The zero-order valence-corrected chi connectivity index (χ0v) is 35.8. The number of hydrogen-bond acceptors (Lipinski definition) is 6. The van der Waals surface area contributed by atoms with Gasteiger partial charge in [-0.15, -0.1) is 0 Å². The summed E-state index contributed by atoms with van der Waals surface area (Å²) in [6, 6.07) is 82.4. The van der Waals surface area contributed by atoms with Crippen molar-refractivity contribution in [3.8, 4) is 22.3 Å². The van der Waals surface area contributed by atoms with Crippen molar-refractivity contribution in [3.63, 3.8) is 0 Å². The van der Waals surface area contributed by atoms with Crippen LogP contribution in [-0.2, 0) is 0 Å². The molecule has 1 aromatic heterocycles. The standard InChI is InChI=1S/C60H40N6/c1-3-17-43(18-4-1)63-49-23-9-13-27-53(49)65(54-28-14-10-24-50(54)63)45-35-31-41(32-36-45)57-47-21-7-8-22-48(47)58(60-59(57)61-39-40-62-60)42-33-37-46(38-34-42)66-55-29-15-11-25-51(55)64(44-19-5-2-6-20-44)52-26-12-16-30-56(52)66/h1-40H. The first-order valence-electron chi connectivity index (χ1n) is 22.3. The van der Waals surface area contributed by atoms with E-state index in [-0.39, 0.29) is 0 Å². The summed E-state index contributed by atoms with van der Waals surface area (Å²) in [5.41, 5.74) is 19.4. The van der Waals surface area contributed by atoms with Crippen LogP contribution in [0.1, 0.15) is 0 Å². The van der Waals surface area contributed by atoms with E-state index >= 15 is 0 Å². The molecule has 2 aliphatic rings. The Morgan fingerprint density at radius 2 is 0.470 bits per heavy atom. The molecule has 0 spiro atoms. The van der Waals surface area contributed by atoms with E-state index in [9.17, 15) is 0 Å². The zero-order chi connectivity index (χ0) is 43.6. The fourth-order valence-corrected chi connectivity index (χ4v) is 10.2. The Kier molecular flexibility index (Phi) is 8.74. The van der Waals surface area contributed by atoms with Gasteiger partial charge in [-0.2, -0.15) is 0 Å². The molecular weight excluding hydrogens is 805 g/mol. The maximum Gasteiger partial charge on any atom is 0.0977 e. The van der Waals surface area contributed by atoms with Crippen LogP contribution in [0, 0.1) is 0 Å². The van der Waals surface area contributed by atoms with Crippen LogP contribution in [0.4, 0.5) is 68.2 Å². The molecule has 0 aliphatic carbocycles. The average molecular weight is 845 g/mol. The molecule has 13 rings (SSSR count). The predicted molar refractivity (Wildman–Crippen MR) is 274 cm³/mol. The van der Waals surface area contributed by atoms with Crippen LogP contribution in [-0.4, -0.2) is 9.97 Å². The Hall–Kier alpha value is -9.00. The quantitative estimate of drug-likeness (QED) is 0.155. The Morgan fingerprint density at radius 1 is 0.227 bits per heavy atom. The van der Waals surface area contributed by atoms with Gasteiger partial charge in [-0.3, -0.25) is 9.97 Å². The number of rotatable bonds is 6. The van der Waals surface area contributed by atoms with Gasteiger partial charge in [0.15, 0.2) is 0 Å². The number of hydrogen-bond donors (Lipinski definition) is 0. The lowest BCUT2D eigenvalue weighted by molar-refractivity contribution is 1.17. The molecule has 0 saturated heterocycles. The Morgan fingerprint density at radius 3 is 0.758 bits per heavy atom. The van der Waals surface area contributed by atoms with Crippen molar-refractivity contribution < 1.29 is 0 Å². The number of para-hydroxylation sites is 10. The third kappa shape index (κ3) is 5.89. The SMILES string of the molecule is c1ccc(N2c3ccccc3N(c3ccc(-c4c5ccccc5c(-c5ccc(N6c7ccccc7N(c7ccccc7)c7ccccc76)cc5)c5nccnc45)cc3)c3ccccc32)cc1. The normalized spacial score (nSPS) is 12.7. The first-order valence-corrected chi connectivity index (χ1v) is 22.3. The first kappa shape index (κ1) is 37.5. The Bertz CT molecular complexity index is 3220. The van der Waals surface area contributed by atoms with Gasteiger partial charge in [0.05, 0.1) is 56.5 Å². The monoisotopic (exact) mass is 844 g/mol. The summed E-state index contributed by atoms with van der Waals surface area (Å²) >= 11 is 0. The summed E-state index contributed by atoms with van der Waals surface area (Å²) in [6.45, 7) is 0. The number of anilines is 12. The number of aromatic nitrogens is 2. The maximum atomic E-state index is 5.08. The van der Waals surface area contributed by atoms with Crippen molar-refractivity contribution in [2.75, 3.05) is 19.6 Å². The molecule has 0 bridgehead atoms. The molecule has 6 nitrogen and oxygen atoms in total. The van der Waals surface area contributed by atoms with Gasteiger partial charge in [0.1, 0.15) is 0 Å². The molecule has 0 saturated carbocycles. The summed E-state index contributed by atoms with van der Waals surface area (Å²) in [7, 11) is 0. The van der Waals surface area contributed by atoms with Crippen molar-refractivity contribution in [2.45, 2.75) is 0 Å². The van der Waals surface area contributed by atoms with Gasteiger partial charge >= 0.3 is 0 Å². The molecule has 6 heteroatoms. The lowest BCUT2D eigenvalue weighted by Gasteiger charge is -2.40. The van der Waals surface area contributed by atoms with Crippen molar-refractivity contribution in [2.24, 2.45) is 0 Å². The summed E-state index contributed by atoms with van der Waals surface area (Å²) < 4.78 is 0. The summed E-state index contributed by atoms with van der Waals surface area (Å²) in [5, 5.41) is 2.26. The second-order valence-corrected chi connectivity index (χ2v) is 16.6. The topological polar surface area (TPSA) is 38.7 Å². The largest absolute Gasteiger partial charge is 0.306 e. The molecule has 0 unspecified atom stereocenters. The van der Waals surface area contributed by atoms with E-state index in [1.807, 2.05) is 12.4 Å². The van der Waals surface area contributed by atoms with Crippen LogP contribution in [0.2, 0.25) is 0 Å². The molecule has 3 heterocycles. The van der Waals surface area contributed by atoms with Crippen molar-refractivity contribution in [1.82, 2.24) is 9.97 Å². The summed E-state index contributed by atoms with van der Waals surface area (Å²) in [5.74, 6) is 0. The second-order valence-electron chi connectivity index (χ2n) is 16.6. The summed E-state index contributed by atoms with van der Waals surface area (Å²) in [4.78, 5) is 19.6. The van der Waals surface area contributed by atoms with E-state index in [0.29, 0.717) is 0 Å². The van der Waals surface area contributed by atoms with Crippen LogP contribution < -0.4 is 19.6 Å². The predicted octanol–water partition coefficient (Wildman–Crippen LogP) is 16.6. The molecule has 10 aromatic carbocycles. The minimum atomic E-state index is 0.870. The Balaban J connectivity index is 0.905. The highest BCUT2D eigenvalue weighted by Crippen LogP contribution is 2.56. The van der Waals surface area contributed by atoms with E-state index in [2.05, 4.69) is 250 Å². The minimum Gasteiger partial charge on any atom is -0.306 e. The van der Waals surface area contributed by atoms with Gasteiger partial charge in [-0.1, -0.05) is 133 Å². The molecule has 0 radical (unpaired) electrons. The third-order valence-electron chi connectivity index (χ3n) is 12.9. The van der Waals surface area contributed by atoms with E-state index in [4.69, 9.17) is 9.97 Å². The van der Waals surface area contributed by atoms with Gasteiger partial charge in [0.2, 0.25) is 0 Å². The van der Waals surface area contributed by atoms with Gasteiger partial charge in [-0.05, 0) is 119 Å². The van der Waals surface area contributed by atoms with Crippen molar-refractivity contribution >= 4 is 90.1 Å². The lowest BCUT2D eigenvalue weighted by Crippen LogP contribution is -2.23. The maximum absolute atomic E-state index is 5.08. The van der Waals surface area contributed by atoms with Gasteiger partial charge in [-0.25, -0.2) is 0 Å². The van der Waals surface area contributed by atoms with Gasteiger partial charge in [0.25, 0.3) is 0 Å². The van der Waals surface area contributed by atoms with Crippen LogP contribution in [0.3, 0.4) is 0 Å². The van der Waals surface area contributed by atoms with Gasteiger partial charge < -0.3 is 19.6 Å². The third-order valence-corrected chi connectivity index (χ3v) is 12.9. The van der Waals surface area contributed by atoms with Crippen molar-refractivity contribution in [3.05, 3.63) is 243 Å². The Labute approximate surface area is 383 Å². The lowest BCUT2D eigenvalue weighted by atomic mass is 9.89. The fraction of sp³-hybridized carbons (Fsp3) is 0. The molecule has 310 valence electrons. The van der Waals surface area contributed by atoms with Crippen LogP contribution >= 0.6 is 0 Å². The molecule has 11 aromatic rings. The van der Waals surface area contributed by atoms with E-state index in [1.54, 1.807) is 0 Å². The van der Waals surface area contributed by atoms with E-state index < -0.39 is 0 Å². The zero-order valence-electron chi connectivity index (χ0n) is 35.8. The van der Waals surface area contributed by atoms with Crippen molar-refractivity contribution in [1.29, 1.82) is 0 Å². The smallest absolute Gasteiger partial charge is 0.0977 e. The molecule has 2 aliphatic heterocycles. The molecular formula is C60H40N6. The minimum absolute atomic E-state index is 0.870. The molecule has 0 atom stereocenters. The van der Waals surface area contributed by atoms with Crippen LogP contribution in [0.15, 0.2) is 243 Å².